The molecule has 10 heteroatoms. The van der Waals surface area contributed by atoms with Crippen LogP contribution in [0.4, 0.5) is 26.3 Å². The molecule has 0 bridgehead atoms. The fraction of sp³-hybridized carbons (Fsp3) is 0.429. The van der Waals surface area contributed by atoms with E-state index in [0.717, 1.165) is 32.9 Å². The summed E-state index contributed by atoms with van der Waals surface area (Å²) in [5.74, 6) is -4.83. The molecule has 0 aliphatic carbocycles. The highest BCUT2D eigenvalue weighted by atomic mass is 19.4. The summed E-state index contributed by atoms with van der Waals surface area (Å²) in [6, 6.07) is 4.37. The standard InChI is InChI=1S/C21H21F6N3O/c1-18(2)21(26,27)19(3,30-17(28)11-31-18)15-8-12(4-5-16(15)22)6-13-7-14(10-29-9-13)20(23,24)25/h4-5,7-10H,6,11H2,1-3H3,(H2,28,30)/t19-/m1/s1. The van der Waals surface area contributed by atoms with E-state index < -0.39 is 40.2 Å². The van der Waals surface area contributed by atoms with Gasteiger partial charge in [-0.3, -0.25) is 9.98 Å². The van der Waals surface area contributed by atoms with Gasteiger partial charge < -0.3 is 10.5 Å². The summed E-state index contributed by atoms with van der Waals surface area (Å²) < 4.78 is 89.8. The van der Waals surface area contributed by atoms with Gasteiger partial charge in [0.2, 0.25) is 0 Å². The van der Waals surface area contributed by atoms with Gasteiger partial charge in [0.15, 0.2) is 5.54 Å². The lowest BCUT2D eigenvalue weighted by Gasteiger charge is -2.42. The molecule has 1 atom stereocenters. The number of alkyl halides is 5. The van der Waals surface area contributed by atoms with Crippen molar-refractivity contribution in [3.8, 4) is 0 Å². The van der Waals surface area contributed by atoms with Crippen LogP contribution in [0.3, 0.4) is 0 Å². The minimum Gasteiger partial charge on any atom is -0.385 e. The molecule has 0 radical (unpaired) electrons. The first-order valence-electron chi connectivity index (χ1n) is 9.33. The molecule has 0 amide bonds. The second kappa shape index (κ2) is 7.51. The molecule has 2 N–H and O–H groups in total. The lowest BCUT2D eigenvalue weighted by Crippen LogP contribution is -2.56. The third-order valence-electron chi connectivity index (χ3n) is 5.40. The Labute approximate surface area is 175 Å². The zero-order chi connectivity index (χ0) is 23.2. The van der Waals surface area contributed by atoms with Crippen LogP contribution in [0.1, 0.15) is 43.0 Å². The number of benzene rings is 1. The van der Waals surface area contributed by atoms with Crippen LogP contribution in [-0.4, -0.2) is 29.0 Å². The maximum absolute atomic E-state index is 15.5. The number of amidine groups is 1. The normalized spacial score (nSPS) is 23.2. The van der Waals surface area contributed by atoms with Gasteiger partial charge in [-0.15, -0.1) is 0 Å². The first-order valence-corrected chi connectivity index (χ1v) is 9.33. The van der Waals surface area contributed by atoms with Gasteiger partial charge in [0.05, 0.1) is 5.56 Å². The van der Waals surface area contributed by atoms with E-state index in [0.29, 0.717) is 11.8 Å². The van der Waals surface area contributed by atoms with Crippen molar-refractivity contribution in [3.63, 3.8) is 0 Å². The Balaban J connectivity index is 2.08. The molecule has 1 aliphatic rings. The van der Waals surface area contributed by atoms with Gasteiger partial charge in [-0.1, -0.05) is 6.07 Å². The largest absolute Gasteiger partial charge is 0.417 e. The highest BCUT2D eigenvalue weighted by Gasteiger charge is 2.63. The molecule has 3 rings (SSSR count). The summed E-state index contributed by atoms with van der Waals surface area (Å²) >= 11 is 0. The van der Waals surface area contributed by atoms with Crippen molar-refractivity contribution < 1.29 is 31.1 Å². The number of halogens is 6. The first kappa shape index (κ1) is 23.1. The summed E-state index contributed by atoms with van der Waals surface area (Å²) in [7, 11) is 0. The summed E-state index contributed by atoms with van der Waals surface area (Å²) in [6.07, 6.45) is -2.74. The van der Waals surface area contributed by atoms with Crippen molar-refractivity contribution in [1.29, 1.82) is 0 Å². The maximum atomic E-state index is 15.5. The van der Waals surface area contributed by atoms with Crippen molar-refractivity contribution in [2.45, 2.75) is 50.4 Å². The van der Waals surface area contributed by atoms with Gasteiger partial charge in [-0.25, -0.2) is 13.2 Å². The quantitative estimate of drug-likeness (QED) is 0.688. The molecule has 0 spiro atoms. The Morgan fingerprint density at radius 1 is 1.06 bits per heavy atom. The Morgan fingerprint density at radius 3 is 2.39 bits per heavy atom. The highest BCUT2D eigenvalue weighted by molar-refractivity contribution is 5.82. The van der Waals surface area contributed by atoms with Crippen molar-refractivity contribution in [3.05, 3.63) is 64.7 Å². The van der Waals surface area contributed by atoms with Crippen molar-refractivity contribution in [1.82, 2.24) is 4.98 Å². The predicted molar refractivity (Wildman–Crippen MR) is 102 cm³/mol. The Hall–Kier alpha value is -2.62. The molecule has 0 saturated heterocycles. The number of aromatic nitrogens is 1. The van der Waals surface area contributed by atoms with Crippen LogP contribution in [0.5, 0.6) is 0 Å². The molecule has 1 aliphatic heterocycles. The fourth-order valence-electron chi connectivity index (χ4n) is 3.58. The molecule has 0 fully saturated rings. The van der Waals surface area contributed by atoms with Gasteiger partial charge in [-0.05, 0) is 56.5 Å². The minimum absolute atomic E-state index is 0.0784. The smallest absolute Gasteiger partial charge is 0.385 e. The van der Waals surface area contributed by atoms with Gasteiger partial charge in [-0.2, -0.15) is 13.2 Å². The SMILES string of the molecule is CC1(C)OCC(N)=N[C@](C)(c2cc(Cc3cncc(C(F)(F)F)c3)ccc2F)C1(F)F. The summed E-state index contributed by atoms with van der Waals surface area (Å²) in [6.45, 7) is 3.03. The lowest BCUT2D eigenvalue weighted by atomic mass is 9.77. The zero-order valence-electron chi connectivity index (χ0n) is 17.0. The number of pyridine rings is 1. The second-order valence-electron chi connectivity index (χ2n) is 8.12. The third-order valence-corrected chi connectivity index (χ3v) is 5.40. The average Bonchev–Trinajstić information content (AvgIpc) is 2.72. The number of hydrogen-bond donors (Lipinski definition) is 1. The number of rotatable bonds is 3. The number of aliphatic imine (C=N–C) groups is 1. The first-order chi connectivity index (χ1) is 14.2. The molecule has 2 heterocycles. The molecule has 0 unspecified atom stereocenters. The average molecular weight is 445 g/mol. The molecule has 2 aromatic rings. The number of hydrogen-bond acceptors (Lipinski definition) is 4. The van der Waals surface area contributed by atoms with E-state index >= 15 is 8.78 Å². The molecule has 168 valence electrons. The van der Waals surface area contributed by atoms with Crippen molar-refractivity contribution in [2.24, 2.45) is 10.7 Å². The predicted octanol–water partition coefficient (Wildman–Crippen LogP) is 4.85. The van der Waals surface area contributed by atoms with E-state index in [4.69, 9.17) is 10.5 Å². The van der Waals surface area contributed by atoms with Crippen LogP contribution in [0.15, 0.2) is 41.7 Å². The minimum atomic E-state index is -4.58. The summed E-state index contributed by atoms with van der Waals surface area (Å²) in [5, 5.41) is 0. The Bertz CT molecular complexity index is 1020. The molecular formula is C21H21F6N3O. The van der Waals surface area contributed by atoms with E-state index in [1.807, 2.05) is 0 Å². The summed E-state index contributed by atoms with van der Waals surface area (Å²) in [5.41, 5.74) is 0.430. The molecule has 31 heavy (non-hydrogen) atoms. The van der Waals surface area contributed by atoms with Crippen LogP contribution in [0.2, 0.25) is 0 Å². The topological polar surface area (TPSA) is 60.5 Å². The van der Waals surface area contributed by atoms with Gasteiger partial charge in [0.1, 0.15) is 23.9 Å². The monoisotopic (exact) mass is 445 g/mol. The van der Waals surface area contributed by atoms with E-state index in [1.54, 1.807) is 0 Å². The van der Waals surface area contributed by atoms with Gasteiger partial charge >= 0.3 is 12.1 Å². The lowest BCUT2D eigenvalue weighted by molar-refractivity contribution is -0.214. The van der Waals surface area contributed by atoms with Crippen molar-refractivity contribution in [2.75, 3.05) is 6.61 Å². The van der Waals surface area contributed by atoms with E-state index in [1.165, 1.54) is 18.3 Å². The van der Waals surface area contributed by atoms with Crippen LogP contribution in [0, 0.1) is 5.82 Å². The van der Waals surface area contributed by atoms with E-state index in [-0.39, 0.29) is 24.4 Å². The fourth-order valence-corrected chi connectivity index (χ4v) is 3.58. The van der Waals surface area contributed by atoms with E-state index in [2.05, 4.69) is 9.98 Å². The summed E-state index contributed by atoms with van der Waals surface area (Å²) in [4.78, 5) is 7.49. The van der Waals surface area contributed by atoms with Crippen LogP contribution in [0.25, 0.3) is 0 Å². The molecule has 4 nitrogen and oxygen atoms in total. The maximum Gasteiger partial charge on any atom is 0.417 e. The molecular weight excluding hydrogens is 424 g/mol. The third kappa shape index (κ3) is 4.13. The van der Waals surface area contributed by atoms with E-state index in [9.17, 15) is 17.6 Å². The zero-order valence-corrected chi connectivity index (χ0v) is 17.0. The number of nitrogens with zero attached hydrogens (tertiary/aromatic N) is 2. The Kier molecular flexibility index (Phi) is 5.58. The molecule has 1 aromatic carbocycles. The van der Waals surface area contributed by atoms with Gasteiger partial charge in [0.25, 0.3) is 0 Å². The molecule has 1 aromatic heterocycles. The van der Waals surface area contributed by atoms with Crippen LogP contribution in [-0.2, 0) is 22.9 Å². The number of ether oxygens (including phenoxy) is 1. The van der Waals surface area contributed by atoms with Crippen molar-refractivity contribution >= 4 is 5.84 Å². The van der Waals surface area contributed by atoms with Gasteiger partial charge in [0, 0.05) is 18.0 Å². The van der Waals surface area contributed by atoms with Crippen LogP contribution >= 0.6 is 0 Å². The Morgan fingerprint density at radius 2 is 1.74 bits per heavy atom. The highest BCUT2D eigenvalue weighted by Crippen LogP contribution is 2.50. The second-order valence-corrected chi connectivity index (χ2v) is 8.12. The van der Waals surface area contributed by atoms with Crippen LogP contribution < -0.4 is 5.73 Å². The number of nitrogens with two attached hydrogens (primary N) is 1. The molecule has 0 saturated carbocycles.